The zero-order chi connectivity index (χ0) is 69.1. The molecule has 4 aliphatic rings. The van der Waals surface area contributed by atoms with Gasteiger partial charge in [-0.2, -0.15) is 0 Å². The number of rotatable bonds is 6. The molecule has 5 heteroatoms. The van der Waals surface area contributed by atoms with Gasteiger partial charge in [-0.1, -0.05) is 303 Å². The van der Waals surface area contributed by atoms with Gasteiger partial charge in [-0.15, -0.1) is 0 Å². The lowest BCUT2D eigenvalue weighted by Gasteiger charge is -2.31. The van der Waals surface area contributed by atoms with Crippen LogP contribution >= 0.6 is 0 Å². The van der Waals surface area contributed by atoms with Crippen molar-refractivity contribution >= 4 is 76.1 Å². The fourth-order valence-corrected chi connectivity index (χ4v) is 19.5. The van der Waals surface area contributed by atoms with Crippen LogP contribution in [0, 0.1) is 0 Å². The van der Waals surface area contributed by atoms with E-state index in [0.29, 0.717) is 11.7 Å². The number of nitrogens with zero attached hydrogens (tertiary/aromatic N) is 3. The third-order valence-electron chi connectivity index (χ3n) is 24.0. The maximum Gasteiger partial charge on any atom is 0.227 e. The van der Waals surface area contributed by atoms with Gasteiger partial charge in [0, 0.05) is 54.7 Å². The molecule has 0 saturated carbocycles. The van der Waals surface area contributed by atoms with E-state index in [2.05, 4.69) is 346 Å². The maximum atomic E-state index is 7.01. The average molecular weight is 1340 g/mol. The number of oxazole rings is 1. The molecule has 0 atom stereocenters. The van der Waals surface area contributed by atoms with Gasteiger partial charge in [-0.05, 0) is 175 Å². The molecule has 0 radical (unpaired) electrons. The summed E-state index contributed by atoms with van der Waals surface area (Å²) in [6.07, 6.45) is 0. The summed E-state index contributed by atoms with van der Waals surface area (Å²) < 4.78 is 13.8. The van der Waals surface area contributed by atoms with Crippen molar-refractivity contribution in [2.24, 2.45) is 0 Å². The van der Waals surface area contributed by atoms with Crippen LogP contribution in [0.4, 0.5) is 0 Å². The summed E-state index contributed by atoms with van der Waals surface area (Å²) in [6.45, 7) is 0. The van der Waals surface area contributed by atoms with E-state index in [1.54, 1.807) is 0 Å². The number of hydrogen-bond donors (Lipinski definition) is 0. The largest absolute Gasteiger partial charge is 0.455 e. The number of benzene rings is 17. The van der Waals surface area contributed by atoms with Crippen molar-refractivity contribution in [3.63, 3.8) is 0 Å². The first-order valence-electron chi connectivity index (χ1n) is 36.5. The summed E-state index contributed by atoms with van der Waals surface area (Å²) in [7, 11) is 0. The number of fused-ring (bicyclic) bond motifs is 33. The van der Waals surface area contributed by atoms with Crippen molar-refractivity contribution in [3.05, 3.63) is 390 Å². The number of furan rings is 1. The normalized spacial score (nSPS) is 13.6. The molecule has 20 aromatic rings. The maximum absolute atomic E-state index is 7.01. The van der Waals surface area contributed by atoms with Gasteiger partial charge < -0.3 is 8.83 Å². The first-order chi connectivity index (χ1) is 52.5. The van der Waals surface area contributed by atoms with Gasteiger partial charge in [0.1, 0.15) is 16.9 Å². The van der Waals surface area contributed by atoms with Crippen molar-refractivity contribution in [1.82, 2.24) is 15.0 Å². The lowest BCUT2D eigenvalue weighted by molar-refractivity contribution is 0.623. The molecule has 106 heavy (non-hydrogen) atoms. The van der Waals surface area contributed by atoms with Gasteiger partial charge in [0.25, 0.3) is 0 Å². The molecule has 2 spiro atoms. The quantitative estimate of drug-likeness (QED) is 0.155. The second kappa shape index (κ2) is 21.4. The van der Waals surface area contributed by atoms with Crippen LogP contribution in [-0.4, -0.2) is 15.0 Å². The standard InChI is InChI=1S/C101H57N3O2/c1-2-25-69-65(21-1)67-23-4-7-33-79(67)96-82(69)57-92(105-96)58-41-43-59(44-42-58)93-83-54-64(62-49-51-76-74-30-13-19-39-88(74)100(90(76)55-62)84-35-15-9-26-70(84)71-27-10-16-36-85(71)100)53-81(63-50-52-77-75-31-14-20-40-89(75)101(91(77)56-63)86-37-17-11-28-72(86)73-29-12-18-38-87(73)101)94(83)103-98(102-93)60-45-47-61(48-46-60)99-104-95-78-32-6-3-22-66(78)68-24-5-8-34-80(68)97(95)106-99/h1-57H. The third kappa shape index (κ3) is 7.64. The SMILES string of the molecule is c1ccc2c(c1)-c1ccccc1C21c2ccccc2-c2ccc(-c3cc(-c4ccc5c(c4)C4(c6ccccc6-c6ccccc64)c4ccccc4-5)c4nc(-c5ccc(-c6nc7c8ccccc8c8ccccc8c7o6)cc5)nc(-c5ccc(-c6cc7c8ccccc8c8ccccc8c7o6)cc5)c4c3)cc21. The lowest BCUT2D eigenvalue weighted by Crippen LogP contribution is -2.25. The fraction of sp³-hybridized carbons (Fsp3) is 0.0198. The molecule has 3 heterocycles. The Kier molecular flexibility index (Phi) is 11.6. The zero-order valence-electron chi connectivity index (χ0n) is 57.1. The van der Waals surface area contributed by atoms with Crippen molar-refractivity contribution in [2.75, 3.05) is 0 Å². The highest BCUT2D eigenvalue weighted by atomic mass is 16.3. The summed E-state index contributed by atoms with van der Waals surface area (Å²) in [5.41, 5.74) is 31.3. The van der Waals surface area contributed by atoms with Gasteiger partial charge in [0.2, 0.25) is 5.89 Å². The molecule has 488 valence electrons. The van der Waals surface area contributed by atoms with Crippen LogP contribution in [-0.2, 0) is 10.8 Å². The van der Waals surface area contributed by atoms with Gasteiger partial charge in [0.05, 0.1) is 22.0 Å². The highest BCUT2D eigenvalue weighted by molar-refractivity contribution is 6.25. The Morgan fingerprint density at radius 2 is 0.575 bits per heavy atom. The minimum atomic E-state index is -0.580. The molecule has 0 N–H and O–H groups in total. The van der Waals surface area contributed by atoms with E-state index in [1.165, 1.54) is 105 Å². The molecular weight excluding hydrogens is 1290 g/mol. The summed E-state index contributed by atoms with van der Waals surface area (Å²) in [5.74, 6) is 1.95. The van der Waals surface area contributed by atoms with E-state index in [-0.39, 0.29) is 0 Å². The molecule has 4 aliphatic carbocycles. The Hall–Kier alpha value is -13.9. The second-order valence-corrected chi connectivity index (χ2v) is 29.0. The summed E-state index contributed by atoms with van der Waals surface area (Å²) in [5, 5.41) is 11.0. The predicted octanol–water partition coefficient (Wildman–Crippen LogP) is 25.8. The van der Waals surface area contributed by atoms with Crippen LogP contribution in [0.3, 0.4) is 0 Å². The molecule has 0 saturated heterocycles. The van der Waals surface area contributed by atoms with Crippen molar-refractivity contribution < 1.29 is 8.83 Å². The third-order valence-corrected chi connectivity index (χ3v) is 24.0. The van der Waals surface area contributed by atoms with Gasteiger partial charge >= 0.3 is 0 Å². The van der Waals surface area contributed by atoms with Crippen molar-refractivity contribution in [2.45, 2.75) is 10.8 Å². The Bertz CT molecular complexity index is 7000. The molecule has 0 bridgehead atoms. The number of hydrogen-bond acceptors (Lipinski definition) is 5. The van der Waals surface area contributed by atoms with E-state index >= 15 is 0 Å². The summed E-state index contributed by atoms with van der Waals surface area (Å²) in [6, 6.07) is 127. The Morgan fingerprint density at radius 1 is 0.198 bits per heavy atom. The van der Waals surface area contributed by atoms with Gasteiger partial charge in [-0.25, -0.2) is 15.0 Å². The zero-order valence-corrected chi connectivity index (χ0v) is 57.1. The second-order valence-electron chi connectivity index (χ2n) is 29.0. The molecule has 17 aromatic carbocycles. The van der Waals surface area contributed by atoms with Crippen LogP contribution in [0.5, 0.6) is 0 Å². The fourth-order valence-electron chi connectivity index (χ4n) is 19.5. The van der Waals surface area contributed by atoms with E-state index in [1.807, 2.05) is 0 Å². The van der Waals surface area contributed by atoms with Gasteiger partial charge in [0.15, 0.2) is 11.4 Å². The highest BCUT2D eigenvalue weighted by Crippen LogP contribution is 2.65. The molecule has 5 nitrogen and oxygen atoms in total. The molecule has 0 amide bonds. The smallest absolute Gasteiger partial charge is 0.227 e. The predicted molar refractivity (Wildman–Crippen MR) is 432 cm³/mol. The first kappa shape index (κ1) is 57.7. The van der Waals surface area contributed by atoms with E-state index in [9.17, 15) is 0 Å². The number of aromatic nitrogens is 3. The van der Waals surface area contributed by atoms with E-state index in [0.717, 1.165) is 116 Å². The first-order valence-corrected chi connectivity index (χ1v) is 36.5. The van der Waals surface area contributed by atoms with Crippen molar-refractivity contribution in [1.29, 1.82) is 0 Å². The Morgan fingerprint density at radius 3 is 1.09 bits per heavy atom. The minimum Gasteiger partial charge on any atom is -0.455 e. The highest BCUT2D eigenvalue weighted by Gasteiger charge is 2.53. The topological polar surface area (TPSA) is 65.0 Å². The van der Waals surface area contributed by atoms with Gasteiger partial charge in [-0.3, -0.25) is 0 Å². The van der Waals surface area contributed by atoms with Crippen LogP contribution in [0.2, 0.25) is 0 Å². The van der Waals surface area contributed by atoms with Crippen LogP contribution in [0.25, 0.3) is 188 Å². The van der Waals surface area contributed by atoms with E-state index in [4.69, 9.17) is 23.8 Å². The molecule has 3 aromatic heterocycles. The van der Waals surface area contributed by atoms with Crippen LogP contribution in [0.1, 0.15) is 44.5 Å². The average Bonchev–Trinajstić information content (AvgIpc) is 1.51. The Labute approximate surface area is 609 Å². The van der Waals surface area contributed by atoms with E-state index < -0.39 is 10.8 Å². The minimum absolute atomic E-state index is 0.546. The molecule has 0 aliphatic heterocycles. The molecule has 0 unspecified atom stereocenters. The summed E-state index contributed by atoms with van der Waals surface area (Å²) >= 11 is 0. The lowest BCUT2D eigenvalue weighted by atomic mass is 9.70. The Balaban J connectivity index is 0.755. The van der Waals surface area contributed by atoms with Crippen LogP contribution < -0.4 is 0 Å². The summed E-state index contributed by atoms with van der Waals surface area (Å²) in [4.78, 5) is 17.0. The molecule has 0 fully saturated rings. The van der Waals surface area contributed by atoms with Crippen molar-refractivity contribution in [3.8, 4) is 112 Å². The monoisotopic (exact) mass is 1340 g/mol. The van der Waals surface area contributed by atoms with Crippen LogP contribution in [0.15, 0.2) is 355 Å². The molecular formula is C101H57N3O2. The molecule has 24 rings (SSSR count).